The number of nitrogens with zero attached hydrogens (tertiary/aromatic N) is 2. The average molecular weight is 250 g/mol. The highest BCUT2D eigenvalue weighted by molar-refractivity contribution is 5.53. The molecule has 100 valence electrons. The topological polar surface area (TPSA) is 63.4 Å². The number of nitrogens with two attached hydrogens (primary N) is 1. The van der Waals surface area contributed by atoms with E-state index in [2.05, 4.69) is 15.4 Å². The first kappa shape index (κ1) is 13.0. The van der Waals surface area contributed by atoms with Crippen LogP contribution in [0.5, 0.6) is 5.88 Å². The van der Waals surface area contributed by atoms with E-state index in [4.69, 9.17) is 10.5 Å². The number of hydrogen-bond donors (Lipinski definition) is 2. The van der Waals surface area contributed by atoms with Gasteiger partial charge < -0.3 is 15.9 Å². The van der Waals surface area contributed by atoms with Crippen LogP contribution in [0.25, 0.3) is 0 Å². The summed E-state index contributed by atoms with van der Waals surface area (Å²) in [6.07, 6.45) is 3.86. The zero-order valence-corrected chi connectivity index (χ0v) is 11.1. The van der Waals surface area contributed by atoms with Crippen molar-refractivity contribution in [2.75, 3.05) is 24.2 Å². The second-order valence-electron chi connectivity index (χ2n) is 4.92. The summed E-state index contributed by atoms with van der Waals surface area (Å²) < 4.78 is 5.58. The summed E-state index contributed by atoms with van der Waals surface area (Å²) >= 11 is 0. The number of nitrogen functional groups attached to an aromatic ring is 1. The van der Waals surface area contributed by atoms with Crippen LogP contribution in [0.15, 0.2) is 12.1 Å². The van der Waals surface area contributed by atoms with Gasteiger partial charge in [0.15, 0.2) is 0 Å². The van der Waals surface area contributed by atoms with Crippen LogP contribution in [0.2, 0.25) is 0 Å². The first-order valence-corrected chi connectivity index (χ1v) is 6.60. The molecule has 0 atom stereocenters. The number of pyridine rings is 1. The summed E-state index contributed by atoms with van der Waals surface area (Å²) in [4.78, 5) is 4.41. The van der Waals surface area contributed by atoms with Crippen molar-refractivity contribution in [3.63, 3.8) is 0 Å². The third kappa shape index (κ3) is 3.50. The monoisotopic (exact) mass is 250 g/mol. The Bertz CT molecular complexity index is 389. The Balaban J connectivity index is 2.03. The molecule has 1 saturated heterocycles. The molecule has 0 saturated carbocycles. The third-order valence-electron chi connectivity index (χ3n) is 2.87. The highest BCUT2D eigenvalue weighted by atomic mass is 16.5. The summed E-state index contributed by atoms with van der Waals surface area (Å²) in [6, 6.07) is 3.72. The summed E-state index contributed by atoms with van der Waals surface area (Å²) in [5.41, 5.74) is 9.73. The molecule has 0 radical (unpaired) electrons. The van der Waals surface area contributed by atoms with Crippen molar-refractivity contribution >= 4 is 11.5 Å². The van der Waals surface area contributed by atoms with Gasteiger partial charge in [-0.3, -0.25) is 0 Å². The first-order chi connectivity index (χ1) is 8.65. The van der Waals surface area contributed by atoms with E-state index in [1.165, 1.54) is 19.3 Å². The molecule has 0 unspecified atom stereocenters. The van der Waals surface area contributed by atoms with Crippen LogP contribution < -0.4 is 15.9 Å². The van der Waals surface area contributed by atoms with Crippen LogP contribution >= 0.6 is 0 Å². The molecular formula is C13H22N4O. The minimum atomic E-state index is 0.0741. The van der Waals surface area contributed by atoms with Crippen LogP contribution in [0.3, 0.4) is 0 Å². The maximum atomic E-state index is 5.84. The number of aromatic nitrogens is 1. The van der Waals surface area contributed by atoms with E-state index in [1.54, 1.807) is 0 Å². The average Bonchev–Trinajstić information content (AvgIpc) is 2.34. The molecule has 5 nitrogen and oxygen atoms in total. The Labute approximate surface area is 108 Å². The smallest absolute Gasteiger partial charge is 0.239 e. The van der Waals surface area contributed by atoms with Crippen molar-refractivity contribution < 1.29 is 4.74 Å². The van der Waals surface area contributed by atoms with Gasteiger partial charge in [-0.1, -0.05) is 6.42 Å². The van der Waals surface area contributed by atoms with Crippen molar-refractivity contribution in [2.24, 2.45) is 0 Å². The van der Waals surface area contributed by atoms with E-state index in [9.17, 15) is 0 Å². The Morgan fingerprint density at radius 2 is 2.00 bits per heavy atom. The molecule has 3 N–H and O–H groups in total. The molecule has 2 heterocycles. The molecule has 0 bridgehead atoms. The van der Waals surface area contributed by atoms with Gasteiger partial charge in [-0.15, -0.1) is 0 Å². The van der Waals surface area contributed by atoms with Gasteiger partial charge in [0.05, 0.1) is 11.8 Å². The Kier molecular flexibility index (Phi) is 4.25. The molecule has 0 spiro atoms. The molecular weight excluding hydrogens is 228 g/mol. The molecule has 2 rings (SSSR count). The molecule has 0 amide bonds. The fourth-order valence-electron chi connectivity index (χ4n) is 2.00. The number of hydrazine groups is 1. The maximum absolute atomic E-state index is 5.84. The van der Waals surface area contributed by atoms with Gasteiger partial charge in [-0.25, -0.2) is 5.01 Å². The molecule has 0 aromatic carbocycles. The minimum Gasteiger partial charge on any atom is -0.473 e. The number of nitrogens with one attached hydrogen (secondary N) is 1. The first-order valence-electron chi connectivity index (χ1n) is 6.60. The molecule has 5 heteroatoms. The van der Waals surface area contributed by atoms with Gasteiger partial charge in [0, 0.05) is 13.1 Å². The van der Waals surface area contributed by atoms with Crippen LogP contribution in [-0.2, 0) is 0 Å². The lowest BCUT2D eigenvalue weighted by Crippen LogP contribution is -2.35. The van der Waals surface area contributed by atoms with E-state index in [-0.39, 0.29) is 6.10 Å². The van der Waals surface area contributed by atoms with Crippen LogP contribution in [0, 0.1) is 0 Å². The quantitative estimate of drug-likeness (QED) is 0.858. The van der Waals surface area contributed by atoms with Gasteiger partial charge >= 0.3 is 0 Å². The van der Waals surface area contributed by atoms with Gasteiger partial charge in [0.2, 0.25) is 5.88 Å². The lowest BCUT2D eigenvalue weighted by Gasteiger charge is -2.27. The third-order valence-corrected chi connectivity index (χ3v) is 2.87. The van der Waals surface area contributed by atoms with Crippen molar-refractivity contribution in [3.05, 3.63) is 12.1 Å². The van der Waals surface area contributed by atoms with E-state index in [1.807, 2.05) is 26.0 Å². The summed E-state index contributed by atoms with van der Waals surface area (Å²) in [6.45, 7) is 6.05. The van der Waals surface area contributed by atoms with Gasteiger partial charge in [-0.05, 0) is 38.8 Å². The van der Waals surface area contributed by atoms with E-state index in [0.29, 0.717) is 11.6 Å². The lowest BCUT2D eigenvalue weighted by atomic mass is 10.2. The van der Waals surface area contributed by atoms with Gasteiger partial charge in [0.25, 0.3) is 0 Å². The van der Waals surface area contributed by atoms with Crippen molar-refractivity contribution in [3.8, 4) is 5.88 Å². The SMILES string of the molecule is CC(C)Oc1nc(NN2CCCCC2)ccc1N. The Hall–Kier alpha value is -1.49. The molecule has 18 heavy (non-hydrogen) atoms. The number of rotatable bonds is 4. The van der Waals surface area contributed by atoms with E-state index >= 15 is 0 Å². The molecule has 1 aliphatic heterocycles. The van der Waals surface area contributed by atoms with Crippen molar-refractivity contribution in [1.82, 2.24) is 9.99 Å². The zero-order chi connectivity index (χ0) is 13.0. The van der Waals surface area contributed by atoms with Crippen molar-refractivity contribution in [1.29, 1.82) is 0 Å². The van der Waals surface area contributed by atoms with Crippen LogP contribution in [-0.4, -0.2) is 29.2 Å². The Morgan fingerprint density at radius 1 is 1.28 bits per heavy atom. The minimum absolute atomic E-state index is 0.0741. The molecule has 0 aliphatic carbocycles. The predicted octanol–water partition coefficient (Wildman–Crippen LogP) is 2.26. The Morgan fingerprint density at radius 3 is 2.67 bits per heavy atom. The molecule has 1 aromatic rings. The number of hydrogen-bond acceptors (Lipinski definition) is 5. The van der Waals surface area contributed by atoms with E-state index < -0.39 is 0 Å². The van der Waals surface area contributed by atoms with Crippen molar-refractivity contribution in [2.45, 2.75) is 39.2 Å². The van der Waals surface area contributed by atoms with Crippen LogP contribution in [0.1, 0.15) is 33.1 Å². The predicted molar refractivity (Wildman–Crippen MR) is 73.5 cm³/mol. The maximum Gasteiger partial charge on any atom is 0.239 e. The van der Waals surface area contributed by atoms with Crippen LogP contribution in [0.4, 0.5) is 11.5 Å². The number of ether oxygens (including phenoxy) is 1. The standard InChI is InChI=1S/C13H22N4O/c1-10(2)18-13-11(14)6-7-12(15-13)16-17-8-4-3-5-9-17/h6-7,10H,3-5,8-9,14H2,1-2H3,(H,15,16). The summed E-state index contributed by atoms with van der Waals surface area (Å²) in [5, 5.41) is 2.20. The normalized spacial score (nSPS) is 16.8. The number of piperidine rings is 1. The zero-order valence-electron chi connectivity index (χ0n) is 11.1. The lowest BCUT2D eigenvalue weighted by molar-refractivity contribution is 0.233. The van der Waals surface area contributed by atoms with Gasteiger partial charge in [-0.2, -0.15) is 4.98 Å². The second kappa shape index (κ2) is 5.91. The molecule has 1 aliphatic rings. The summed E-state index contributed by atoms with van der Waals surface area (Å²) in [5.74, 6) is 1.30. The van der Waals surface area contributed by atoms with E-state index in [0.717, 1.165) is 18.9 Å². The van der Waals surface area contributed by atoms with Gasteiger partial charge in [0.1, 0.15) is 5.82 Å². The fraction of sp³-hybridized carbons (Fsp3) is 0.615. The largest absolute Gasteiger partial charge is 0.473 e. The summed E-state index contributed by atoms with van der Waals surface area (Å²) in [7, 11) is 0. The second-order valence-corrected chi connectivity index (χ2v) is 4.92. The molecule has 1 fully saturated rings. The number of anilines is 2. The highest BCUT2D eigenvalue weighted by Gasteiger charge is 2.12. The highest BCUT2D eigenvalue weighted by Crippen LogP contribution is 2.22. The molecule has 1 aromatic heterocycles. The fourth-order valence-corrected chi connectivity index (χ4v) is 2.00.